The Hall–Kier alpha value is -1.86. The standard InChI is InChI=1S/C22H27N3O3S/c1-12-7-8-15-14(11-12)22(21(28)23-15)18-17(16(24-22)9-10-29-2)19(26)25(20(18)27)13-5-3-4-6-13/h7-8,11,13,16-18,24H,3-6,9-10H2,1-2H3,(H,23,28)/p+1/t16-,17+,18-,22-/m0/s1. The van der Waals surface area contributed by atoms with E-state index in [0.717, 1.165) is 54.7 Å². The normalized spacial score (nSPS) is 33.7. The van der Waals surface area contributed by atoms with E-state index in [1.165, 1.54) is 0 Å². The van der Waals surface area contributed by atoms with Crippen molar-refractivity contribution in [2.45, 2.75) is 56.7 Å². The van der Waals surface area contributed by atoms with Crippen LogP contribution in [0.5, 0.6) is 0 Å². The molecule has 4 aliphatic rings. The molecule has 3 fully saturated rings. The number of amides is 3. The van der Waals surface area contributed by atoms with Gasteiger partial charge < -0.3 is 10.6 Å². The number of fused-ring (bicyclic) bond motifs is 4. The maximum absolute atomic E-state index is 13.7. The second-order valence-electron chi connectivity index (χ2n) is 8.97. The maximum atomic E-state index is 13.7. The van der Waals surface area contributed by atoms with E-state index in [1.54, 1.807) is 16.7 Å². The van der Waals surface area contributed by atoms with E-state index in [2.05, 4.69) is 16.9 Å². The van der Waals surface area contributed by atoms with Crippen LogP contribution in [-0.2, 0) is 19.9 Å². The summed E-state index contributed by atoms with van der Waals surface area (Å²) in [6.07, 6.45) is 6.78. The van der Waals surface area contributed by atoms with Crippen LogP contribution in [0.3, 0.4) is 0 Å². The van der Waals surface area contributed by atoms with E-state index in [4.69, 9.17) is 0 Å². The van der Waals surface area contributed by atoms with Crippen LogP contribution in [0.4, 0.5) is 5.69 Å². The van der Waals surface area contributed by atoms with Gasteiger partial charge in [-0.05, 0) is 43.9 Å². The first-order valence-electron chi connectivity index (χ1n) is 10.6. The lowest BCUT2D eigenvalue weighted by Gasteiger charge is -2.29. The highest BCUT2D eigenvalue weighted by Crippen LogP contribution is 2.50. The van der Waals surface area contributed by atoms with Gasteiger partial charge in [-0.25, -0.2) is 0 Å². The molecular formula is C22H28N3O3S+. The molecule has 5 rings (SSSR count). The van der Waals surface area contributed by atoms with Gasteiger partial charge in [-0.2, -0.15) is 11.8 Å². The predicted molar refractivity (Wildman–Crippen MR) is 111 cm³/mol. The summed E-state index contributed by atoms with van der Waals surface area (Å²) in [6, 6.07) is 5.88. The molecule has 1 aromatic carbocycles. The molecule has 6 nitrogen and oxygen atoms in total. The fourth-order valence-electron chi connectivity index (χ4n) is 6.14. The molecular weight excluding hydrogens is 386 g/mol. The Labute approximate surface area is 175 Å². The summed E-state index contributed by atoms with van der Waals surface area (Å²) < 4.78 is 0. The number of quaternary nitrogens is 1. The van der Waals surface area contributed by atoms with Gasteiger partial charge in [0, 0.05) is 18.0 Å². The van der Waals surface area contributed by atoms with Gasteiger partial charge in [-0.15, -0.1) is 0 Å². The Morgan fingerprint density at radius 3 is 2.69 bits per heavy atom. The van der Waals surface area contributed by atoms with Crippen LogP contribution in [0, 0.1) is 18.8 Å². The smallest absolute Gasteiger partial charge is 0.291 e. The van der Waals surface area contributed by atoms with Crippen molar-refractivity contribution in [2.24, 2.45) is 11.8 Å². The third kappa shape index (κ3) is 2.56. The number of hydrogen-bond acceptors (Lipinski definition) is 4. The Morgan fingerprint density at radius 2 is 1.97 bits per heavy atom. The lowest BCUT2D eigenvalue weighted by molar-refractivity contribution is -0.733. The summed E-state index contributed by atoms with van der Waals surface area (Å²) in [6.45, 7) is 2.00. The molecule has 154 valence electrons. The number of carbonyl (C=O) groups is 3. The van der Waals surface area contributed by atoms with E-state index in [9.17, 15) is 14.4 Å². The van der Waals surface area contributed by atoms with E-state index >= 15 is 0 Å². The number of benzene rings is 1. The average molecular weight is 415 g/mol. The maximum Gasteiger partial charge on any atom is 0.291 e. The van der Waals surface area contributed by atoms with Gasteiger partial charge in [0.15, 0.2) is 0 Å². The van der Waals surface area contributed by atoms with Crippen LogP contribution in [0.1, 0.15) is 43.2 Å². The number of likely N-dealkylation sites (tertiary alicyclic amines) is 1. The number of hydrogen-bond donors (Lipinski definition) is 2. The molecule has 0 aromatic heterocycles. The zero-order valence-electron chi connectivity index (χ0n) is 16.9. The van der Waals surface area contributed by atoms with E-state index in [-0.39, 0.29) is 29.8 Å². The van der Waals surface area contributed by atoms with Gasteiger partial charge >= 0.3 is 0 Å². The fraction of sp³-hybridized carbons (Fsp3) is 0.591. The first-order valence-corrected chi connectivity index (χ1v) is 12.0. The highest BCUT2D eigenvalue weighted by molar-refractivity contribution is 7.98. The molecule has 2 saturated heterocycles. The molecule has 29 heavy (non-hydrogen) atoms. The zero-order valence-corrected chi connectivity index (χ0v) is 17.8. The number of nitrogens with one attached hydrogen (secondary N) is 1. The number of nitrogens with zero attached hydrogens (tertiary/aromatic N) is 1. The van der Waals surface area contributed by atoms with Crippen molar-refractivity contribution >= 4 is 35.2 Å². The molecule has 3 N–H and O–H groups in total. The minimum Gasteiger partial charge on any atom is -0.326 e. The van der Waals surface area contributed by atoms with Crippen LogP contribution in [0.25, 0.3) is 0 Å². The van der Waals surface area contributed by atoms with Crippen LogP contribution in [0.2, 0.25) is 0 Å². The number of aryl methyl sites for hydroxylation is 1. The van der Waals surface area contributed by atoms with Gasteiger partial charge in [-0.1, -0.05) is 24.5 Å². The summed E-state index contributed by atoms with van der Waals surface area (Å²) in [4.78, 5) is 42.2. The number of carbonyl (C=O) groups excluding carboxylic acids is 3. The largest absolute Gasteiger partial charge is 0.326 e. The summed E-state index contributed by atoms with van der Waals surface area (Å²) in [5.74, 6) is -0.417. The molecule has 3 amide bonds. The van der Waals surface area contributed by atoms with Gasteiger partial charge in [0.25, 0.3) is 5.91 Å². The van der Waals surface area contributed by atoms with Gasteiger partial charge in [-0.3, -0.25) is 19.3 Å². The molecule has 0 unspecified atom stereocenters. The molecule has 7 heteroatoms. The van der Waals surface area contributed by atoms with E-state index in [0.29, 0.717) is 0 Å². The topological polar surface area (TPSA) is 83.1 Å². The highest BCUT2D eigenvalue weighted by atomic mass is 32.2. The lowest BCUT2D eigenvalue weighted by atomic mass is 9.76. The number of rotatable bonds is 4. The van der Waals surface area contributed by atoms with Crippen molar-refractivity contribution in [3.05, 3.63) is 29.3 Å². The summed E-state index contributed by atoms with van der Waals surface area (Å²) >= 11 is 1.74. The van der Waals surface area contributed by atoms with Crippen molar-refractivity contribution in [1.82, 2.24) is 4.90 Å². The van der Waals surface area contributed by atoms with Gasteiger partial charge in [0.05, 0.1) is 5.69 Å². The number of anilines is 1. The van der Waals surface area contributed by atoms with Crippen molar-refractivity contribution < 1.29 is 19.7 Å². The number of imide groups is 1. The Morgan fingerprint density at radius 1 is 1.21 bits per heavy atom. The van der Waals surface area contributed by atoms with E-state index in [1.807, 2.05) is 25.1 Å². The minimum atomic E-state index is -1.02. The molecule has 3 aliphatic heterocycles. The average Bonchev–Trinajstić information content (AvgIpc) is 3.43. The molecule has 4 atom stereocenters. The number of thioether (sulfide) groups is 1. The Kier molecular flexibility index (Phi) is 4.51. The van der Waals surface area contributed by atoms with Crippen LogP contribution in [-0.4, -0.2) is 46.7 Å². The summed E-state index contributed by atoms with van der Waals surface area (Å²) in [5, 5.41) is 5.07. The van der Waals surface area contributed by atoms with Crippen LogP contribution in [0.15, 0.2) is 18.2 Å². The third-order valence-corrected chi connectivity index (χ3v) is 8.05. The van der Waals surface area contributed by atoms with Crippen molar-refractivity contribution in [2.75, 3.05) is 17.3 Å². The van der Waals surface area contributed by atoms with E-state index < -0.39 is 17.4 Å². The van der Waals surface area contributed by atoms with Crippen LogP contribution < -0.4 is 10.6 Å². The Balaban J connectivity index is 1.63. The summed E-state index contributed by atoms with van der Waals surface area (Å²) in [7, 11) is 0. The summed E-state index contributed by atoms with van der Waals surface area (Å²) in [5.41, 5.74) is 1.69. The molecule has 1 saturated carbocycles. The lowest BCUT2D eigenvalue weighted by Crippen LogP contribution is -2.99. The fourth-order valence-corrected chi connectivity index (χ4v) is 6.65. The first-order chi connectivity index (χ1) is 14.0. The third-order valence-electron chi connectivity index (χ3n) is 7.40. The SMILES string of the molecule is CSCC[C@@H]1[NH2+][C@]2(C(=O)Nc3ccc(C)cc32)[C@@H]2C(=O)N(C3CCCC3)C(=O)[C@H]12. The number of nitrogens with two attached hydrogens (primary N) is 1. The molecule has 1 aliphatic carbocycles. The second kappa shape index (κ2) is 6.84. The first kappa shape index (κ1) is 19.1. The van der Waals surface area contributed by atoms with Crippen molar-refractivity contribution in [3.63, 3.8) is 0 Å². The molecule has 0 radical (unpaired) electrons. The van der Waals surface area contributed by atoms with Crippen LogP contribution >= 0.6 is 11.8 Å². The van der Waals surface area contributed by atoms with Crippen molar-refractivity contribution in [1.29, 1.82) is 0 Å². The predicted octanol–water partition coefficient (Wildman–Crippen LogP) is 1.38. The minimum absolute atomic E-state index is 0.0142. The molecule has 1 aromatic rings. The molecule has 0 bridgehead atoms. The highest BCUT2D eigenvalue weighted by Gasteiger charge is 2.74. The van der Waals surface area contributed by atoms with Crippen molar-refractivity contribution in [3.8, 4) is 0 Å². The quantitative estimate of drug-likeness (QED) is 0.730. The molecule has 1 spiro atoms. The van der Waals surface area contributed by atoms with Gasteiger partial charge in [0.2, 0.25) is 17.4 Å². The monoisotopic (exact) mass is 414 g/mol. The Bertz CT molecular complexity index is 897. The molecule has 3 heterocycles. The van der Waals surface area contributed by atoms with Gasteiger partial charge in [0.1, 0.15) is 17.9 Å². The second-order valence-corrected chi connectivity index (χ2v) is 9.96. The zero-order chi connectivity index (χ0) is 20.3.